The van der Waals surface area contributed by atoms with Crippen LogP contribution in [0, 0.1) is 5.82 Å². The fraction of sp³-hybridized carbons (Fsp3) is 0. The molecular weight excluding hydrogens is 221 g/mol. The number of benzene rings is 1. The highest BCUT2D eigenvalue weighted by Crippen LogP contribution is 2.32. The van der Waals surface area contributed by atoms with Crippen LogP contribution in [-0.4, -0.2) is 4.98 Å². The summed E-state index contributed by atoms with van der Waals surface area (Å²) in [5, 5.41) is 1.10. The molecule has 0 fully saturated rings. The average molecular weight is 229 g/mol. The van der Waals surface area contributed by atoms with Gasteiger partial charge in [0.25, 0.3) is 0 Å². The second-order valence-corrected chi connectivity index (χ2v) is 4.55. The quantitative estimate of drug-likeness (QED) is 0.612. The number of aromatic nitrogens is 1. The Morgan fingerprint density at radius 3 is 2.81 bits per heavy atom. The van der Waals surface area contributed by atoms with Crippen molar-refractivity contribution in [3.05, 3.63) is 54.5 Å². The van der Waals surface area contributed by atoms with E-state index in [9.17, 15) is 4.39 Å². The minimum Gasteiger partial charge on any atom is -0.245 e. The molecule has 0 aliphatic rings. The maximum atomic E-state index is 13.1. The summed E-state index contributed by atoms with van der Waals surface area (Å²) in [5.74, 6) is -0.206. The molecule has 3 heteroatoms. The van der Waals surface area contributed by atoms with Crippen LogP contribution in [0.1, 0.15) is 0 Å². The number of thiophene rings is 1. The molecule has 3 aromatic rings. The van der Waals surface area contributed by atoms with Crippen LogP contribution >= 0.6 is 11.3 Å². The topological polar surface area (TPSA) is 12.9 Å². The van der Waals surface area contributed by atoms with Crippen molar-refractivity contribution >= 4 is 21.6 Å². The molecule has 0 N–H and O–H groups in total. The van der Waals surface area contributed by atoms with Crippen LogP contribution in [-0.2, 0) is 0 Å². The molecule has 2 aromatic heterocycles. The first-order chi connectivity index (χ1) is 7.83. The third kappa shape index (κ3) is 1.59. The predicted molar refractivity (Wildman–Crippen MR) is 65.0 cm³/mol. The van der Waals surface area contributed by atoms with Gasteiger partial charge in [-0.3, -0.25) is 0 Å². The summed E-state index contributed by atoms with van der Waals surface area (Å²) >= 11 is 1.58. The molecule has 0 spiro atoms. The van der Waals surface area contributed by atoms with Crippen LogP contribution in [0.15, 0.2) is 48.7 Å². The molecule has 0 saturated heterocycles. The van der Waals surface area contributed by atoms with E-state index in [0.29, 0.717) is 0 Å². The van der Waals surface area contributed by atoms with Gasteiger partial charge in [-0.25, -0.2) is 9.37 Å². The van der Waals surface area contributed by atoms with Crippen molar-refractivity contribution in [1.82, 2.24) is 4.98 Å². The molecular formula is C13H8FNS. The van der Waals surface area contributed by atoms with Gasteiger partial charge in [0.15, 0.2) is 0 Å². The molecule has 0 bridgehead atoms. The van der Waals surface area contributed by atoms with Crippen LogP contribution in [0.4, 0.5) is 4.39 Å². The van der Waals surface area contributed by atoms with Gasteiger partial charge in [-0.1, -0.05) is 18.2 Å². The molecule has 0 atom stereocenters. The Morgan fingerprint density at radius 1 is 1.06 bits per heavy atom. The zero-order valence-electron chi connectivity index (χ0n) is 8.35. The fourth-order valence-corrected chi connectivity index (χ4v) is 2.65. The van der Waals surface area contributed by atoms with E-state index in [0.717, 1.165) is 20.7 Å². The number of rotatable bonds is 1. The van der Waals surface area contributed by atoms with Gasteiger partial charge < -0.3 is 0 Å². The number of fused-ring (bicyclic) bond motifs is 1. The number of halogens is 1. The summed E-state index contributed by atoms with van der Waals surface area (Å²) in [7, 11) is 0. The third-order valence-corrected chi connectivity index (χ3v) is 3.51. The normalized spacial score (nSPS) is 10.8. The number of nitrogens with zero attached hydrogens (tertiary/aromatic N) is 1. The Morgan fingerprint density at radius 2 is 2.00 bits per heavy atom. The Balaban J connectivity index is 2.19. The van der Waals surface area contributed by atoms with Gasteiger partial charge in [-0.2, -0.15) is 0 Å². The molecule has 1 nitrogen and oxygen atoms in total. The lowest BCUT2D eigenvalue weighted by Gasteiger charge is -1.95. The van der Waals surface area contributed by atoms with E-state index >= 15 is 0 Å². The standard InChI is InChI=1S/C13H8FNS/c14-11-5-1-3-9(7-11)12-8-10-4-2-6-15-13(10)16-12/h1-8H. The maximum Gasteiger partial charge on any atom is 0.123 e. The summed E-state index contributed by atoms with van der Waals surface area (Å²) in [6.45, 7) is 0. The van der Waals surface area contributed by atoms with Crippen molar-refractivity contribution in [1.29, 1.82) is 0 Å². The first-order valence-corrected chi connectivity index (χ1v) is 5.75. The Bertz CT molecular complexity index is 612. The van der Waals surface area contributed by atoms with E-state index < -0.39 is 0 Å². The van der Waals surface area contributed by atoms with Gasteiger partial charge in [0.2, 0.25) is 0 Å². The number of hydrogen-bond donors (Lipinski definition) is 0. The van der Waals surface area contributed by atoms with E-state index in [1.165, 1.54) is 6.07 Å². The van der Waals surface area contributed by atoms with Gasteiger partial charge in [0.1, 0.15) is 10.6 Å². The summed E-state index contributed by atoms with van der Waals surface area (Å²) in [5.41, 5.74) is 0.906. The van der Waals surface area contributed by atoms with Crippen molar-refractivity contribution in [2.24, 2.45) is 0 Å². The monoisotopic (exact) mass is 229 g/mol. The number of hydrogen-bond acceptors (Lipinski definition) is 2. The SMILES string of the molecule is Fc1cccc(-c2cc3cccnc3s2)c1. The molecule has 0 amide bonds. The second kappa shape index (κ2) is 3.68. The molecule has 0 aliphatic carbocycles. The molecule has 0 aliphatic heterocycles. The predicted octanol–water partition coefficient (Wildman–Crippen LogP) is 4.10. The van der Waals surface area contributed by atoms with Crippen LogP contribution in [0.5, 0.6) is 0 Å². The van der Waals surface area contributed by atoms with E-state index in [1.807, 2.05) is 24.3 Å². The first kappa shape index (κ1) is 9.48. The fourth-order valence-electron chi connectivity index (χ4n) is 1.66. The van der Waals surface area contributed by atoms with E-state index in [1.54, 1.807) is 29.7 Å². The van der Waals surface area contributed by atoms with E-state index in [4.69, 9.17) is 0 Å². The molecule has 2 heterocycles. The number of pyridine rings is 1. The van der Waals surface area contributed by atoms with Crippen LogP contribution in [0.25, 0.3) is 20.7 Å². The van der Waals surface area contributed by atoms with Gasteiger partial charge in [-0.15, -0.1) is 11.3 Å². The van der Waals surface area contributed by atoms with E-state index in [-0.39, 0.29) is 5.82 Å². The van der Waals surface area contributed by atoms with Crippen LogP contribution in [0.2, 0.25) is 0 Å². The maximum absolute atomic E-state index is 13.1. The zero-order chi connectivity index (χ0) is 11.0. The van der Waals surface area contributed by atoms with Crippen molar-refractivity contribution in [2.75, 3.05) is 0 Å². The van der Waals surface area contributed by atoms with Crippen molar-refractivity contribution in [3.63, 3.8) is 0 Å². The Kier molecular flexibility index (Phi) is 2.18. The molecule has 0 radical (unpaired) electrons. The van der Waals surface area contributed by atoms with Gasteiger partial charge in [0, 0.05) is 16.5 Å². The summed E-state index contributed by atoms with van der Waals surface area (Å²) in [6.07, 6.45) is 1.77. The largest absolute Gasteiger partial charge is 0.245 e. The highest BCUT2D eigenvalue weighted by Gasteiger charge is 2.04. The molecule has 78 valence electrons. The molecule has 0 unspecified atom stereocenters. The summed E-state index contributed by atoms with van der Waals surface area (Å²) in [4.78, 5) is 6.31. The lowest BCUT2D eigenvalue weighted by Crippen LogP contribution is -1.74. The third-order valence-electron chi connectivity index (χ3n) is 2.40. The zero-order valence-corrected chi connectivity index (χ0v) is 9.17. The average Bonchev–Trinajstić information content (AvgIpc) is 2.72. The van der Waals surface area contributed by atoms with Crippen LogP contribution in [0.3, 0.4) is 0 Å². The Hall–Kier alpha value is -1.74. The van der Waals surface area contributed by atoms with Gasteiger partial charge in [-0.05, 0) is 29.8 Å². The smallest absolute Gasteiger partial charge is 0.123 e. The van der Waals surface area contributed by atoms with Crippen molar-refractivity contribution in [2.45, 2.75) is 0 Å². The highest BCUT2D eigenvalue weighted by molar-refractivity contribution is 7.21. The highest BCUT2D eigenvalue weighted by atomic mass is 32.1. The van der Waals surface area contributed by atoms with Gasteiger partial charge in [0.05, 0.1) is 0 Å². The minimum absolute atomic E-state index is 0.206. The van der Waals surface area contributed by atoms with Crippen LogP contribution < -0.4 is 0 Å². The van der Waals surface area contributed by atoms with Crippen molar-refractivity contribution < 1.29 is 4.39 Å². The lowest BCUT2D eigenvalue weighted by atomic mass is 10.2. The lowest BCUT2D eigenvalue weighted by molar-refractivity contribution is 0.628. The minimum atomic E-state index is -0.206. The second-order valence-electron chi connectivity index (χ2n) is 3.52. The molecule has 16 heavy (non-hydrogen) atoms. The summed E-state index contributed by atoms with van der Waals surface area (Å²) < 4.78 is 13.1. The van der Waals surface area contributed by atoms with Gasteiger partial charge >= 0.3 is 0 Å². The molecule has 3 rings (SSSR count). The first-order valence-electron chi connectivity index (χ1n) is 4.93. The Labute approximate surface area is 96.2 Å². The molecule has 0 saturated carbocycles. The molecule has 1 aromatic carbocycles. The van der Waals surface area contributed by atoms with E-state index in [2.05, 4.69) is 4.98 Å². The summed E-state index contributed by atoms with van der Waals surface area (Å²) in [6, 6.07) is 12.6. The van der Waals surface area contributed by atoms with Crippen molar-refractivity contribution in [3.8, 4) is 10.4 Å².